The van der Waals surface area contributed by atoms with Gasteiger partial charge in [0, 0.05) is 17.3 Å². The number of carbonyl (C=O) groups is 1. The molecule has 0 spiro atoms. The second-order valence-corrected chi connectivity index (χ2v) is 7.01. The predicted octanol–water partition coefficient (Wildman–Crippen LogP) is 4.72. The molecule has 8 heteroatoms. The Morgan fingerprint density at radius 2 is 2.19 bits per heavy atom. The van der Waals surface area contributed by atoms with Crippen LogP contribution >= 0.6 is 23.4 Å². The van der Waals surface area contributed by atoms with E-state index >= 15 is 0 Å². The van der Waals surface area contributed by atoms with Crippen LogP contribution in [0.2, 0.25) is 5.02 Å². The fraction of sp³-hybridized carbons (Fsp3) is 0.278. The normalized spacial score (nSPS) is 10.8. The first-order chi connectivity index (χ1) is 12.7. The maximum Gasteiger partial charge on any atom is 0.234 e. The molecule has 136 valence electrons. The first-order valence-electron chi connectivity index (χ1n) is 8.32. The van der Waals surface area contributed by atoms with Gasteiger partial charge in [0.15, 0.2) is 16.7 Å². The third kappa shape index (κ3) is 4.68. The molecule has 0 aliphatic carbocycles. The zero-order valence-corrected chi connectivity index (χ0v) is 15.9. The Bertz CT molecular complexity index is 864. The van der Waals surface area contributed by atoms with Crippen LogP contribution < -0.4 is 5.32 Å². The van der Waals surface area contributed by atoms with Gasteiger partial charge >= 0.3 is 0 Å². The molecule has 0 fully saturated rings. The summed E-state index contributed by atoms with van der Waals surface area (Å²) in [5.41, 5.74) is 0.673. The van der Waals surface area contributed by atoms with Crippen LogP contribution in [-0.2, 0) is 11.3 Å². The number of halogens is 1. The molecule has 0 saturated carbocycles. The van der Waals surface area contributed by atoms with Gasteiger partial charge in [-0.15, -0.1) is 10.2 Å². The molecule has 6 nitrogen and oxygen atoms in total. The molecule has 26 heavy (non-hydrogen) atoms. The smallest absolute Gasteiger partial charge is 0.234 e. The number of anilines is 1. The Morgan fingerprint density at radius 1 is 1.31 bits per heavy atom. The molecule has 0 atom stereocenters. The molecule has 1 amide bonds. The number of benzene rings is 1. The topological polar surface area (TPSA) is 73.0 Å². The van der Waals surface area contributed by atoms with Gasteiger partial charge in [0.2, 0.25) is 5.91 Å². The van der Waals surface area contributed by atoms with Crippen molar-refractivity contribution in [2.24, 2.45) is 0 Å². The van der Waals surface area contributed by atoms with Crippen LogP contribution in [0.25, 0.3) is 11.6 Å². The van der Waals surface area contributed by atoms with Crippen molar-refractivity contribution >= 4 is 35.0 Å². The minimum Gasteiger partial charge on any atom is -0.461 e. The van der Waals surface area contributed by atoms with Crippen LogP contribution in [0.5, 0.6) is 0 Å². The highest BCUT2D eigenvalue weighted by Gasteiger charge is 2.17. The van der Waals surface area contributed by atoms with Gasteiger partial charge in [-0.1, -0.05) is 42.8 Å². The molecule has 3 aromatic rings. The number of hydrogen-bond acceptors (Lipinski definition) is 5. The fourth-order valence-corrected chi connectivity index (χ4v) is 3.35. The Balaban J connectivity index is 1.68. The SMILES string of the molecule is CCCCn1c(SCC(=O)Nc2cccc(Cl)c2)nnc1-c1ccco1. The number of nitrogens with one attached hydrogen (secondary N) is 1. The van der Waals surface area contributed by atoms with Crippen molar-refractivity contribution in [3.63, 3.8) is 0 Å². The van der Waals surface area contributed by atoms with Gasteiger partial charge in [-0.2, -0.15) is 0 Å². The summed E-state index contributed by atoms with van der Waals surface area (Å²) in [5, 5.41) is 12.6. The molecular formula is C18H19ClN4O2S. The van der Waals surface area contributed by atoms with Crippen LogP contribution in [0.1, 0.15) is 19.8 Å². The van der Waals surface area contributed by atoms with Gasteiger partial charge in [-0.05, 0) is 36.8 Å². The summed E-state index contributed by atoms with van der Waals surface area (Å²) in [6.45, 7) is 2.90. The summed E-state index contributed by atoms with van der Waals surface area (Å²) in [6.07, 6.45) is 3.66. The van der Waals surface area contributed by atoms with Crippen molar-refractivity contribution in [3.05, 3.63) is 47.7 Å². The number of amides is 1. The van der Waals surface area contributed by atoms with E-state index in [-0.39, 0.29) is 11.7 Å². The van der Waals surface area contributed by atoms with Gasteiger partial charge in [0.1, 0.15) is 0 Å². The summed E-state index contributed by atoms with van der Waals surface area (Å²) in [4.78, 5) is 12.2. The van der Waals surface area contributed by atoms with E-state index < -0.39 is 0 Å². The Hall–Kier alpha value is -2.25. The summed E-state index contributed by atoms with van der Waals surface area (Å²) in [6, 6.07) is 10.7. The average Bonchev–Trinajstić information content (AvgIpc) is 3.27. The molecule has 2 heterocycles. The number of nitrogens with zero attached hydrogens (tertiary/aromatic N) is 3. The average molecular weight is 391 g/mol. The van der Waals surface area contributed by atoms with Crippen molar-refractivity contribution in [3.8, 4) is 11.6 Å². The number of aromatic nitrogens is 3. The second kappa shape index (κ2) is 8.91. The third-order valence-electron chi connectivity index (χ3n) is 3.63. The molecule has 1 N–H and O–H groups in total. The third-order valence-corrected chi connectivity index (χ3v) is 4.84. The number of carbonyl (C=O) groups excluding carboxylic acids is 1. The van der Waals surface area contributed by atoms with Crippen LogP contribution in [-0.4, -0.2) is 26.4 Å². The number of thioether (sulfide) groups is 1. The van der Waals surface area contributed by atoms with E-state index in [9.17, 15) is 4.79 Å². The van der Waals surface area contributed by atoms with Crippen molar-refractivity contribution in [1.29, 1.82) is 0 Å². The fourth-order valence-electron chi connectivity index (χ4n) is 2.39. The van der Waals surface area contributed by atoms with Crippen LogP contribution in [0.15, 0.2) is 52.2 Å². The summed E-state index contributed by atoms with van der Waals surface area (Å²) >= 11 is 7.28. The zero-order chi connectivity index (χ0) is 18.4. The lowest BCUT2D eigenvalue weighted by Crippen LogP contribution is -2.14. The van der Waals surface area contributed by atoms with Crippen molar-refractivity contribution in [2.45, 2.75) is 31.5 Å². The lowest BCUT2D eigenvalue weighted by molar-refractivity contribution is -0.113. The maximum atomic E-state index is 12.2. The van der Waals surface area contributed by atoms with Gasteiger partial charge in [0.25, 0.3) is 0 Å². The lowest BCUT2D eigenvalue weighted by Gasteiger charge is -2.09. The van der Waals surface area contributed by atoms with Crippen LogP contribution in [0.3, 0.4) is 0 Å². The van der Waals surface area contributed by atoms with E-state index in [4.69, 9.17) is 16.0 Å². The van der Waals surface area contributed by atoms with Gasteiger partial charge in [0.05, 0.1) is 12.0 Å². The van der Waals surface area contributed by atoms with Crippen LogP contribution in [0.4, 0.5) is 5.69 Å². The van der Waals surface area contributed by atoms with Crippen molar-refractivity contribution < 1.29 is 9.21 Å². The highest BCUT2D eigenvalue weighted by Crippen LogP contribution is 2.25. The zero-order valence-electron chi connectivity index (χ0n) is 14.3. The Morgan fingerprint density at radius 3 is 2.92 bits per heavy atom. The molecule has 0 unspecified atom stereocenters. The standard InChI is InChI=1S/C18H19ClN4O2S/c1-2-3-9-23-17(15-8-5-10-25-15)21-22-18(23)26-12-16(24)20-14-7-4-6-13(19)11-14/h4-8,10-11H,2-3,9,12H2,1H3,(H,20,24). The summed E-state index contributed by atoms with van der Waals surface area (Å²) in [5.74, 6) is 1.46. The minimum atomic E-state index is -0.123. The monoisotopic (exact) mass is 390 g/mol. The minimum absolute atomic E-state index is 0.123. The maximum absolute atomic E-state index is 12.2. The van der Waals surface area contributed by atoms with E-state index in [1.165, 1.54) is 11.8 Å². The molecule has 0 bridgehead atoms. The number of unbranched alkanes of at least 4 members (excludes halogenated alkanes) is 1. The van der Waals surface area contributed by atoms with Gasteiger partial charge in [-0.25, -0.2) is 0 Å². The van der Waals surface area contributed by atoms with E-state index in [0.29, 0.717) is 27.5 Å². The van der Waals surface area contributed by atoms with E-state index in [1.807, 2.05) is 16.7 Å². The quantitative estimate of drug-likeness (QED) is 0.563. The molecule has 0 saturated heterocycles. The van der Waals surface area contributed by atoms with Crippen molar-refractivity contribution in [2.75, 3.05) is 11.1 Å². The largest absolute Gasteiger partial charge is 0.461 e. The molecule has 0 aliphatic rings. The lowest BCUT2D eigenvalue weighted by atomic mass is 10.3. The van der Waals surface area contributed by atoms with Gasteiger partial charge < -0.3 is 9.73 Å². The predicted molar refractivity (Wildman–Crippen MR) is 103 cm³/mol. The molecule has 0 aliphatic heterocycles. The Kier molecular flexibility index (Phi) is 6.35. The molecule has 0 radical (unpaired) electrons. The number of furan rings is 1. The summed E-state index contributed by atoms with van der Waals surface area (Å²) in [7, 11) is 0. The highest BCUT2D eigenvalue weighted by molar-refractivity contribution is 7.99. The number of hydrogen-bond donors (Lipinski definition) is 1. The number of rotatable bonds is 8. The van der Waals surface area contributed by atoms with Gasteiger partial charge in [-0.3, -0.25) is 9.36 Å². The van der Waals surface area contributed by atoms with E-state index in [1.54, 1.807) is 30.5 Å². The van der Waals surface area contributed by atoms with Crippen LogP contribution in [0, 0.1) is 0 Å². The van der Waals surface area contributed by atoms with Crippen molar-refractivity contribution in [1.82, 2.24) is 14.8 Å². The van der Waals surface area contributed by atoms with E-state index in [0.717, 1.165) is 19.4 Å². The first kappa shape index (κ1) is 18.5. The molecule has 3 rings (SSSR count). The highest BCUT2D eigenvalue weighted by atomic mass is 35.5. The molecule has 2 aromatic heterocycles. The molecular weight excluding hydrogens is 372 g/mol. The molecule has 1 aromatic carbocycles. The van der Waals surface area contributed by atoms with E-state index in [2.05, 4.69) is 22.4 Å². The first-order valence-corrected chi connectivity index (χ1v) is 9.69. The Labute approximate surface area is 160 Å². The summed E-state index contributed by atoms with van der Waals surface area (Å²) < 4.78 is 7.44. The second-order valence-electron chi connectivity index (χ2n) is 5.64.